The Labute approximate surface area is 714 Å². The molecule has 574 valence electrons. The normalized spacial score (nSPS) is 28.5. The van der Waals surface area contributed by atoms with Crippen molar-refractivity contribution >= 4 is 71.6 Å². The van der Waals surface area contributed by atoms with Gasteiger partial charge in [0.25, 0.3) is 0 Å². The smallest absolute Gasteiger partial charge is 0.726 e. The zero-order chi connectivity index (χ0) is 75.8. The summed E-state index contributed by atoms with van der Waals surface area (Å²) >= 11 is 0. The number of fused-ring (bicyclic) bond motifs is 1. The van der Waals surface area contributed by atoms with Crippen LogP contribution >= 0.6 is 0 Å². The number of aliphatic hydroxyl groups is 6. The molecule has 5 fully saturated rings. The Balaban J connectivity index is -0.00000194. The number of carbonyl (C=O) groups is 5. The molecule has 5 saturated heterocycles. The first-order chi connectivity index (χ1) is 45.6. The average molecular weight is 1630 g/mol. The van der Waals surface area contributed by atoms with E-state index in [1.807, 2.05) is 41.5 Å². The second kappa shape index (κ2) is 52.4. The Morgan fingerprint density at radius 3 is 1.54 bits per heavy atom. The number of likely N-dealkylation sites (tertiary alicyclic amines) is 1. The zero-order valence-corrected chi connectivity index (χ0v) is 72.5. The number of rotatable bonds is 28. The molecule has 4 amide bonds. The fourth-order valence-corrected chi connectivity index (χ4v) is 10.3. The second-order valence-corrected chi connectivity index (χ2v) is 27.0. The molecule has 52 heteroatoms. The molecule has 0 aliphatic carbocycles. The van der Waals surface area contributed by atoms with Crippen molar-refractivity contribution in [3.05, 3.63) is 37.2 Å². The summed E-state index contributed by atoms with van der Waals surface area (Å²) in [6.07, 6.45) is -18.1. The van der Waals surface area contributed by atoms with Crippen LogP contribution in [-0.4, -0.2) is 309 Å². The number of ether oxygens (including phenoxy) is 9. The standard InChI is InChI=1S/C52H84N8O21.5Na.2H2O4S.2O3S/c1-26-35(63)37(65)33(53)48(77-26)75-22-20-73-18-14-55-29(61)12-13-30(62)58(15-10-9-11-16-60-45(69)31-32(46(60)70)44(52(6,7)8)81-43(31)51(3,4)5)24-28-25-59(57-56-28)17-19-74-21-23-76-50-40(68)39(67)41(42(80-50)47(71)72)79-49-34(54)38(66)36(64)27(2)78-49;;;;;;2*1-5(2,3)4;2*1-4(2)3/h25-27,31-44,48-50,53-54,63-68H,1-2,9-24H2,3-8H3,(H,55,61)(H,71,72);;;;;;2*(H2,1,2,3,4);;/q-4;5*+1;;;;/p-3/t26?,27?,31-,32+,33?,34?,35-,36-,37-,38-,39-,40?,41+,42?,43+,44-,48+,49-,50-;;;;;;;;;/m1........./s1. The van der Waals surface area contributed by atoms with E-state index >= 15 is 0 Å². The minimum Gasteiger partial charge on any atom is -0.726 e. The first-order valence-electron chi connectivity index (χ1n) is 29.8. The van der Waals surface area contributed by atoms with E-state index < -0.39 is 170 Å². The number of carboxylic acids is 1. The molecular formula is C52H85N8Na5O35S4-2. The van der Waals surface area contributed by atoms with E-state index in [2.05, 4.69) is 29.5 Å². The molecule has 104 heavy (non-hydrogen) atoms. The number of imide groups is 1. The number of nitrogens with zero attached hydrogens (tertiary/aromatic N) is 5. The van der Waals surface area contributed by atoms with E-state index in [1.165, 1.54) is 9.58 Å². The molecule has 1 aromatic rings. The van der Waals surface area contributed by atoms with Gasteiger partial charge in [-0.15, -0.1) is 30.4 Å². The van der Waals surface area contributed by atoms with Crippen molar-refractivity contribution in [2.24, 2.45) is 22.7 Å². The number of hydrogen-bond donors (Lipinski definition) is 9. The third kappa shape index (κ3) is 40.1. The largest absolute Gasteiger partial charge is 1.00 e. The van der Waals surface area contributed by atoms with Gasteiger partial charge in [-0.1, -0.05) is 58.8 Å². The molecule has 1 aromatic heterocycles. The molecule has 5 aliphatic heterocycles. The first-order valence-corrected chi connectivity index (χ1v) is 34.5. The number of nitrogens with one attached hydrogen (secondary N) is 3. The van der Waals surface area contributed by atoms with E-state index in [9.17, 15) is 59.7 Å². The van der Waals surface area contributed by atoms with Crippen LogP contribution in [-0.2, 0) is 122 Å². The summed E-state index contributed by atoms with van der Waals surface area (Å²) in [6, 6.07) is -2.87. The van der Waals surface area contributed by atoms with Gasteiger partial charge in [-0.25, -0.2) is 21.5 Å². The van der Waals surface area contributed by atoms with Crippen LogP contribution in [0.3, 0.4) is 0 Å². The molecule has 0 saturated carbocycles. The van der Waals surface area contributed by atoms with Crippen molar-refractivity contribution in [2.45, 2.75) is 191 Å². The van der Waals surface area contributed by atoms with Gasteiger partial charge in [0.1, 0.15) is 42.7 Å². The quantitative estimate of drug-likeness (QED) is 0.00939. The van der Waals surface area contributed by atoms with Gasteiger partial charge in [0.05, 0.1) is 113 Å². The van der Waals surface area contributed by atoms with E-state index in [1.54, 1.807) is 11.1 Å². The number of aliphatic carboxylic acids is 1. The molecule has 5 aliphatic rings. The van der Waals surface area contributed by atoms with E-state index in [4.69, 9.17) is 114 Å². The number of aliphatic hydroxyl groups excluding tert-OH is 6. The Morgan fingerprint density at radius 1 is 0.635 bits per heavy atom. The Hall–Kier alpha value is -0.0100. The third-order valence-corrected chi connectivity index (χ3v) is 14.8. The van der Waals surface area contributed by atoms with Crippen LogP contribution < -0.4 is 158 Å². The molecule has 6 rings (SSSR count). The van der Waals surface area contributed by atoms with Gasteiger partial charge in [0.2, 0.25) is 44.4 Å². The zero-order valence-electron chi connectivity index (χ0n) is 59.2. The number of aromatic nitrogens is 3. The molecule has 6 unspecified atom stereocenters. The monoisotopic (exact) mass is 1620 g/mol. The molecular weight excluding hydrogens is 1540 g/mol. The van der Waals surface area contributed by atoms with Crippen molar-refractivity contribution in [1.29, 1.82) is 0 Å². The summed E-state index contributed by atoms with van der Waals surface area (Å²) in [5, 5.41) is 84.6. The molecule has 11 N–H and O–H groups in total. The third-order valence-electron chi connectivity index (χ3n) is 14.8. The molecule has 19 atom stereocenters. The minimum absolute atomic E-state index is 0. The van der Waals surface area contributed by atoms with Crippen LogP contribution in [0.2, 0.25) is 0 Å². The summed E-state index contributed by atoms with van der Waals surface area (Å²) < 4.78 is 168. The maximum atomic E-state index is 13.9. The van der Waals surface area contributed by atoms with Gasteiger partial charge in [0.15, 0.2) is 6.29 Å². The Bertz CT molecular complexity index is 3100. The van der Waals surface area contributed by atoms with Crippen molar-refractivity contribution in [2.75, 3.05) is 59.3 Å². The SMILES string of the molecule is O=S(=O)([O-])O.O=S(=O)([O-])O.O=S(=O)=O.O=S(=O)=O.[CH2-]C1O[C@H](O[C@@H]2C(C(=O)[O-])O[C@@H](OCCOCCn3cc(CN(CCCCCN4C(=O)[C@@H]5[C@H](C4=O)[C@H](C(C)(C)C)O[C@@H]5C(C)(C)C)C(=O)CCC(=O)NCCOCCO[C@H]4OC([CH2-])[C@@H](O)[C@H](O)C4[NH-])nn3)C(O)[C@H]2O)C([NH-])[C@@H](O)[C@@H]1O.[Na+].[Na+].[Na+].[Na+].[Na+]. The summed E-state index contributed by atoms with van der Waals surface area (Å²) in [5.74, 6) is -4.16. The van der Waals surface area contributed by atoms with Gasteiger partial charge in [-0.05, 0) is 42.3 Å². The van der Waals surface area contributed by atoms with Gasteiger partial charge in [0, 0.05) is 32.5 Å². The summed E-state index contributed by atoms with van der Waals surface area (Å²) in [6.45, 7) is 19.9. The van der Waals surface area contributed by atoms with Crippen LogP contribution in [0.1, 0.15) is 79.3 Å². The van der Waals surface area contributed by atoms with Crippen LogP contribution in [0, 0.1) is 36.5 Å². The maximum absolute atomic E-state index is 13.9. The number of carboxylic acid groups (broad SMARTS) is 1. The van der Waals surface area contributed by atoms with E-state index in [-0.39, 0.29) is 262 Å². The topological polar surface area (TPSA) is 667 Å². The van der Waals surface area contributed by atoms with Crippen LogP contribution in [0.25, 0.3) is 11.5 Å². The van der Waals surface area contributed by atoms with Crippen LogP contribution in [0.5, 0.6) is 0 Å². The fourth-order valence-electron chi connectivity index (χ4n) is 10.3. The molecule has 0 radical (unpaired) electrons. The summed E-state index contributed by atoms with van der Waals surface area (Å²) in [5.41, 5.74) is 15.8. The van der Waals surface area contributed by atoms with E-state index in [0.717, 1.165) is 0 Å². The molecule has 0 aromatic carbocycles. The molecule has 6 heterocycles. The summed E-state index contributed by atoms with van der Waals surface area (Å²) in [4.78, 5) is 69.3. The van der Waals surface area contributed by atoms with Crippen molar-refractivity contribution < 1.29 is 310 Å². The molecule has 0 bridgehead atoms. The average Bonchev–Trinajstić information content (AvgIpc) is 1.57. The van der Waals surface area contributed by atoms with Crippen molar-refractivity contribution in [3.8, 4) is 0 Å². The van der Waals surface area contributed by atoms with Crippen LogP contribution in [0.4, 0.5) is 0 Å². The van der Waals surface area contributed by atoms with Gasteiger partial charge >= 0.3 is 169 Å². The number of hydrogen-bond acceptors (Lipinski definition) is 35. The van der Waals surface area contributed by atoms with Gasteiger partial charge < -0.3 is 128 Å². The van der Waals surface area contributed by atoms with Gasteiger partial charge in [-0.3, -0.25) is 33.2 Å². The number of amides is 4. The van der Waals surface area contributed by atoms with Gasteiger partial charge in [-0.2, -0.15) is 0 Å². The number of carbonyl (C=O) groups excluding carboxylic acids is 5. The molecule has 43 nitrogen and oxygen atoms in total. The van der Waals surface area contributed by atoms with Crippen molar-refractivity contribution in [1.82, 2.24) is 30.1 Å². The Kier molecular flexibility index (Phi) is 55.6. The van der Waals surface area contributed by atoms with E-state index in [0.29, 0.717) is 25.0 Å². The fraction of sp³-hybridized carbons (Fsp3) is 0.827. The van der Waals surface area contributed by atoms with Crippen LogP contribution in [0.15, 0.2) is 6.20 Å². The summed E-state index contributed by atoms with van der Waals surface area (Å²) in [7, 11) is -16.1. The Morgan fingerprint density at radius 2 is 1.08 bits per heavy atom. The predicted molar refractivity (Wildman–Crippen MR) is 319 cm³/mol. The van der Waals surface area contributed by atoms with Crippen molar-refractivity contribution in [3.63, 3.8) is 0 Å². The second-order valence-electron chi connectivity index (χ2n) is 24.4. The minimum atomic E-state index is -4.92. The number of unbranched alkanes of at least 4 members (excludes halogenated alkanes) is 2. The first kappa shape index (κ1) is 110. The maximum Gasteiger partial charge on any atom is 1.00 e. The predicted octanol–water partition coefficient (Wildman–Crippen LogP) is -21.8. The molecule has 0 spiro atoms.